The molecule has 4 bridgehead atoms. The molecule has 0 amide bonds. The van der Waals surface area contributed by atoms with E-state index in [1.807, 2.05) is 18.2 Å². The van der Waals surface area contributed by atoms with Gasteiger partial charge in [-0.1, -0.05) is 30.3 Å². The summed E-state index contributed by atoms with van der Waals surface area (Å²) in [5.41, 5.74) is 5.26. The lowest BCUT2D eigenvalue weighted by Gasteiger charge is -2.57. The fourth-order valence-electron chi connectivity index (χ4n) is 7.57. The molecule has 178 valence electrons. The van der Waals surface area contributed by atoms with Crippen LogP contribution in [0.2, 0.25) is 0 Å². The Balaban J connectivity index is 1.44. The molecule has 0 atom stereocenters. The Bertz CT molecular complexity index is 1330. The Morgan fingerprint density at radius 1 is 0.857 bits per heavy atom. The highest BCUT2D eigenvalue weighted by atomic mass is 16.5. The molecular weight excluding hydrogens is 436 g/mol. The van der Waals surface area contributed by atoms with Crippen LogP contribution in [0.3, 0.4) is 0 Å². The minimum atomic E-state index is -0.910. The van der Waals surface area contributed by atoms with Crippen LogP contribution in [0.4, 0.5) is 0 Å². The van der Waals surface area contributed by atoms with E-state index < -0.39 is 5.97 Å². The average molecular weight is 467 g/mol. The summed E-state index contributed by atoms with van der Waals surface area (Å²) >= 11 is 0. The smallest absolute Gasteiger partial charge is 0.335 e. The van der Waals surface area contributed by atoms with E-state index in [2.05, 4.69) is 30.3 Å². The van der Waals surface area contributed by atoms with Crippen LogP contribution in [-0.4, -0.2) is 24.2 Å². The zero-order valence-electron chi connectivity index (χ0n) is 20.0. The molecule has 3 aromatic carbocycles. The van der Waals surface area contributed by atoms with Gasteiger partial charge in [0, 0.05) is 6.08 Å². The van der Waals surface area contributed by atoms with Gasteiger partial charge in [-0.2, -0.15) is 0 Å². The first-order chi connectivity index (χ1) is 16.9. The lowest BCUT2D eigenvalue weighted by Crippen LogP contribution is -2.48. The van der Waals surface area contributed by atoms with E-state index in [-0.39, 0.29) is 11.4 Å². The number of carbonyl (C=O) groups excluding carboxylic acids is 1. The highest BCUT2D eigenvalue weighted by molar-refractivity contribution is 5.96. The predicted octanol–water partition coefficient (Wildman–Crippen LogP) is 6.86. The van der Waals surface area contributed by atoms with Crippen LogP contribution in [0.5, 0.6) is 0 Å². The molecule has 0 aliphatic heterocycles. The molecule has 3 aromatic rings. The first-order valence-corrected chi connectivity index (χ1v) is 12.6. The standard InChI is InChI=1S/C31H30O4/c1-35-29(32)9-8-22-2-3-26(24-4-5-25-14-27(30(33)34)7-6-23(25)13-24)15-28(22)31-16-19-10-20(17-31)12-21(11-19)18-31/h2-9,13-15,19-21H,10-12,16-18H2,1H3,(H,33,34). The number of carboxylic acid groups (broad SMARTS) is 1. The topological polar surface area (TPSA) is 63.6 Å². The van der Waals surface area contributed by atoms with Crippen LogP contribution in [-0.2, 0) is 14.9 Å². The summed E-state index contributed by atoms with van der Waals surface area (Å²) in [4.78, 5) is 23.2. The molecule has 7 rings (SSSR count). The number of hydrogen-bond acceptors (Lipinski definition) is 3. The second-order valence-corrected chi connectivity index (χ2v) is 10.9. The first-order valence-electron chi connectivity index (χ1n) is 12.6. The number of fused-ring (bicyclic) bond motifs is 1. The monoisotopic (exact) mass is 466 g/mol. The van der Waals surface area contributed by atoms with Gasteiger partial charge < -0.3 is 9.84 Å². The maximum absolute atomic E-state index is 11.9. The number of methoxy groups -OCH3 is 1. The van der Waals surface area contributed by atoms with Gasteiger partial charge >= 0.3 is 11.9 Å². The van der Waals surface area contributed by atoms with Gasteiger partial charge in [0.2, 0.25) is 0 Å². The summed E-state index contributed by atoms with van der Waals surface area (Å²) < 4.78 is 4.86. The van der Waals surface area contributed by atoms with Gasteiger partial charge in [0.15, 0.2) is 0 Å². The van der Waals surface area contributed by atoms with Crippen molar-refractivity contribution < 1.29 is 19.4 Å². The minimum absolute atomic E-state index is 0.188. The molecule has 0 saturated heterocycles. The zero-order valence-corrected chi connectivity index (χ0v) is 20.0. The molecule has 0 aromatic heterocycles. The zero-order chi connectivity index (χ0) is 24.2. The van der Waals surface area contributed by atoms with E-state index >= 15 is 0 Å². The number of hydrogen-bond donors (Lipinski definition) is 1. The van der Waals surface area contributed by atoms with E-state index in [1.165, 1.54) is 57.3 Å². The number of carbonyl (C=O) groups is 2. The Labute approximate surface area is 205 Å². The molecule has 4 aliphatic rings. The highest BCUT2D eigenvalue weighted by Crippen LogP contribution is 2.61. The van der Waals surface area contributed by atoms with Crippen molar-refractivity contribution in [1.29, 1.82) is 0 Å². The number of rotatable bonds is 5. The van der Waals surface area contributed by atoms with Crippen molar-refractivity contribution in [3.8, 4) is 11.1 Å². The second kappa shape index (κ2) is 8.37. The summed E-state index contributed by atoms with van der Waals surface area (Å²) in [5, 5.41) is 11.3. The van der Waals surface area contributed by atoms with Gasteiger partial charge in [-0.15, -0.1) is 0 Å². The summed E-state index contributed by atoms with van der Waals surface area (Å²) in [6, 6.07) is 18.1. The van der Waals surface area contributed by atoms with Gasteiger partial charge in [0.05, 0.1) is 12.7 Å². The van der Waals surface area contributed by atoms with Gasteiger partial charge in [-0.05, 0) is 125 Å². The van der Waals surface area contributed by atoms with Gasteiger partial charge in [0.25, 0.3) is 0 Å². The fourth-order valence-corrected chi connectivity index (χ4v) is 7.57. The SMILES string of the molecule is COC(=O)C=Cc1ccc(-c2ccc3cc(C(=O)O)ccc3c2)cc1C12CC3CC(CC(C3)C1)C2. The number of ether oxygens (including phenoxy) is 1. The number of carboxylic acids is 1. The van der Waals surface area contributed by atoms with E-state index in [0.29, 0.717) is 5.56 Å². The second-order valence-electron chi connectivity index (χ2n) is 10.9. The van der Waals surface area contributed by atoms with Crippen LogP contribution < -0.4 is 0 Å². The van der Waals surface area contributed by atoms with Crippen LogP contribution in [0.15, 0.2) is 60.7 Å². The number of aromatic carboxylic acids is 1. The van der Waals surface area contributed by atoms with Crippen LogP contribution in [0.1, 0.15) is 60.0 Å². The molecule has 1 N–H and O–H groups in total. The molecule has 4 nitrogen and oxygen atoms in total. The maximum atomic E-state index is 11.9. The number of esters is 1. The molecule has 0 unspecified atom stereocenters. The van der Waals surface area contributed by atoms with E-state index in [9.17, 15) is 14.7 Å². The lowest BCUT2D eigenvalue weighted by atomic mass is 9.47. The molecule has 0 radical (unpaired) electrons. The number of benzene rings is 3. The van der Waals surface area contributed by atoms with Crippen molar-refractivity contribution in [3.63, 3.8) is 0 Å². The molecule has 0 heterocycles. The summed E-state index contributed by atoms with van der Waals surface area (Å²) in [5.74, 6) is 1.23. The Hall–Kier alpha value is -3.40. The fraction of sp³-hybridized carbons (Fsp3) is 0.355. The third-order valence-electron chi connectivity index (χ3n) is 8.68. The summed E-state index contributed by atoms with van der Waals surface area (Å²) in [6.07, 6.45) is 11.4. The maximum Gasteiger partial charge on any atom is 0.335 e. The normalized spacial score (nSPS) is 26.9. The first kappa shape index (κ1) is 22.1. The van der Waals surface area contributed by atoms with Crippen molar-refractivity contribution in [2.45, 2.75) is 43.9 Å². The van der Waals surface area contributed by atoms with Crippen molar-refractivity contribution in [2.75, 3.05) is 7.11 Å². The third kappa shape index (κ3) is 3.95. The average Bonchev–Trinajstić information content (AvgIpc) is 2.85. The van der Waals surface area contributed by atoms with Crippen molar-refractivity contribution in [1.82, 2.24) is 0 Å². The molecule has 4 aliphatic carbocycles. The molecule has 35 heavy (non-hydrogen) atoms. The summed E-state index contributed by atoms with van der Waals surface area (Å²) in [7, 11) is 1.41. The van der Waals surface area contributed by atoms with E-state index in [1.54, 1.807) is 12.1 Å². The van der Waals surface area contributed by atoms with Gasteiger partial charge in [-0.25, -0.2) is 9.59 Å². The quantitative estimate of drug-likeness (QED) is 0.330. The third-order valence-corrected chi connectivity index (χ3v) is 8.68. The molecule has 4 fully saturated rings. The van der Waals surface area contributed by atoms with Crippen LogP contribution in [0, 0.1) is 17.8 Å². The van der Waals surface area contributed by atoms with Crippen LogP contribution >= 0.6 is 0 Å². The predicted molar refractivity (Wildman–Crippen MR) is 137 cm³/mol. The lowest BCUT2D eigenvalue weighted by molar-refractivity contribution is -0.134. The Morgan fingerprint density at radius 2 is 1.46 bits per heavy atom. The van der Waals surface area contributed by atoms with E-state index in [0.717, 1.165) is 45.2 Å². The van der Waals surface area contributed by atoms with Crippen molar-refractivity contribution in [2.24, 2.45) is 17.8 Å². The minimum Gasteiger partial charge on any atom is -0.478 e. The van der Waals surface area contributed by atoms with Gasteiger partial charge in [0.1, 0.15) is 0 Å². The van der Waals surface area contributed by atoms with E-state index in [4.69, 9.17) is 4.74 Å². The highest BCUT2D eigenvalue weighted by Gasteiger charge is 2.52. The molecule has 0 spiro atoms. The van der Waals surface area contributed by atoms with Crippen molar-refractivity contribution in [3.05, 3.63) is 77.4 Å². The molecule has 4 saturated carbocycles. The van der Waals surface area contributed by atoms with Crippen LogP contribution in [0.25, 0.3) is 28.0 Å². The summed E-state index contributed by atoms with van der Waals surface area (Å²) in [6.45, 7) is 0. The molecule has 4 heteroatoms. The largest absolute Gasteiger partial charge is 0.478 e. The molecular formula is C31H30O4. The van der Waals surface area contributed by atoms with Crippen molar-refractivity contribution >= 4 is 28.8 Å². The van der Waals surface area contributed by atoms with Gasteiger partial charge in [-0.3, -0.25) is 0 Å². The Morgan fingerprint density at radius 3 is 2.11 bits per heavy atom. The Kier molecular flexibility index (Phi) is 5.28.